The van der Waals surface area contributed by atoms with Crippen LogP contribution < -0.4 is 5.32 Å². The molecule has 0 saturated heterocycles. The van der Waals surface area contributed by atoms with Gasteiger partial charge in [0.2, 0.25) is 5.92 Å². The first-order chi connectivity index (χ1) is 11.4. The maximum absolute atomic E-state index is 13.2. The molecule has 1 heterocycles. The van der Waals surface area contributed by atoms with Gasteiger partial charge in [-0.2, -0.15) is 0 Å². The van der Waals surface area contributed by atoms with Gasteiger partial charge in [-0.15, -0.1) is 0 Å². The molecule has 0 aliphatic heterocycles. The van der Waals surface area contributed by atoms with Gasteiger partial charge in [-0.1, -0.05) is 12.1 Å². The maximum Gasteiger partial charge on any atom is 0.253 e. The summed E-state index contributed by atoms with van der Waals surface area (Å²) in [6, 6.07) is 10.8. The Labute approximate surface area is 139 Å². The predicted molar refractivity (Wildman–Crippen MR) is 86.5 cm³/mol. The van der Waals surface area contributed by atoms with Gasteiger partial charge >= 0.3 is 0 Å². The highest BCUT2D eigenvalue weighted by Gasteiger charge is 2.42. The van der Waals surface area contributed by atoms with Crippen LogP contribution in [0.2, 0.25) is 0 Å². The van der Waals surface area contributed by atoms with Crippen molar-refractivity contribution in [2.24, 2.45) is 0 Å². The molecule has 1 aliphatic carbocycles. The Balaban J connectivity index is 1.68. The van der Waals surface area contributed by atoms with E-state index < -0.39 is 11.5 Å². The molecule has 0 atom stereocenters. The summed E-state index contributed by atoms with van der Waals surface area (Å²) in [5, 5.41) is 13.1. The summed E-state index contributed by atoms with van der Waals surface area (Å²) in [4.78, 5) is 12.5. The molecule has 1 amide bonds. The average Bonchev–Trinajstić information content (AvgIpc) is 3.10. The zero-order valence-corrected chi connectivity index (χ0v) is 13.2. The molecule has 1 aromatic carbocycles. The van der Waals surface area contributed by atoms with Gasteiger partial charge in [0.25, 0.3) is 5.91 Å². The first kappa shape index (κ1) is 16.6. The van der Waals surface area contributed by atoms with Crippen molar-refractivity contribution in [2.75, 3.05) is 6.54 Å². The second kappa shape index (κ2) is 6.36. The quantitative estimate of drug-likeness (QED) is 0.902. The number of hydrogen-bond acceptors (Lipinski definition) is 2. The van der Waals surface area contributed by atoms with Crippen molar-refractivity contribution < 1.29 is 18.7 Å². The number of nitrogens with zero attached hydrogens (tertiary/aromatic N) is 1. The molecule has 4 nitrogen and oxygen atoms in total. The van der Waals surface area contributed by atoms with Crippen LogP contribution >= 0.6 is 0 Å². The Morgan fingerprint density at radius 1 is 1.08 bits per heavy atom. The van der Waals surface area contributed by atoms with Crippen molar-refractivity contribution in [1.82, 2.24) is 9.88 Å². The third-order valence-corrected chi connectivity index (χ3v) is 4.52. The van der Waals surface area contributed by atoms with E-state index in [2.05, 4.69) is 5.32 Å². The van der Waals surface area contributed by atoms with Crippen LogP contribution in [-0.4, -0.2) is 33.6 Å². The Morgan fingerprint density at radius 2 is 1.71 bits per heavy atom. The summed E-state index contributed by atoms with van der Waals surface area (Å²) >= 11 is 0. The minimum absolute atomic E-state index is 0.0144. The number of alkyl halides is 2. The third kappa shape index (κ3) is 3.64. The van der Waals surface area contributed by atoms with E-state index in [1.54, 1.807) is 12.1 Å². The topological polar surface area (TPSA) is 54.3 Å². The number of para-hydroxylation sites is 1. The molecular formula is C18H20F2N2O2. The SMILES string of the molecule is O=C(NCC1(O)CCC(F)(F)CC1)c1ccccc1-n1cccc1. The minimum atomic E-state index is -2.71. The molecule has 1 fully saturated rings. The van der Waals surface area contributed by atoms with E-state index in [4.69, 9.17) is 0 Å². The number of nitrogens with one attached hydrogen (secondary N) is 1. The Kier molecular flexibility index (Phi) is 4.41. The number of benzene rings is 1. The van der Waals surface area contributed by atoms with Crippen LogP contribution in [0.1, 0.15) is 36.0 Å². The lowest BCUT2D eigenvalue weighted by atomic mass is 9.82. The van der Waals surface area contributed by atoms with E-state index in [0.717, 1.165) is 5.69 Å². The lowest BCUT2D eigenvalue weighted by Crippen LogP contribution is -2.47. The predicted octanol–water partition coefficient (Wildman–Crippen LogP) is 3.15. The van der Waals surface area contributed by atoms with E-state index in [-0.39, 0.29) is 38.1 Å². The molecule has 2 aromatic rings. The van der Waals surface area contributed by atoms with Gasteiger partial charge in [-0.3, -0.25) is 4.79 Å². The molecule has 1 aromatic heterocycles. The van der Waals surface area contributed by atoms with Gasteiger partial charge < -0.3 is 15.0 Å². The fourth-order valence-electron chi connectivity index (χ4n) is 2.98. The van der Waals surface area contributed by atoms with E-state index in [9.17, 15) is 18.7 Å². The largest absolute Gasteiger partial charge is 0.388 e. The second-order valence-corrected chi connectivity index (χ2v) is 6.37. The summed E-state index contributed by atoms with van der Waals surface area (Å²) in [6.07, 6.45) is 2.95. The smallest absolute Gasteiger partial charge is 0.253 e. The number of halogens is 2. The van der Waals surface area contributed by atoms with Crippen LogP contribution in [0.15, 0.2) is 48.8 Å². The highest BCUT2D eigenvalue weighted by Crippen LogP contribution is 2.38. The standard InChI is InChI=1S/C18H20F2N2O2/c19-18(20)9-7-17(24,8-10-18)13-21-16(23)14-5-1-2-6-15(14)22-11-3-4-12-22/h1-6,11-12,24H,7-10,13H2,(H,21,23). The van der Waals surface area contributed by atoms with Crippen molar-refractivity contribution in [1.29, 1.82) is 0 Å². The first-order valence-electron chi connectivity index (χ1n) is 7.99. The molecule has 6 heteroatoms. The Morgan fingerprint density at radius 3 is 2.38 bits per heavy atom. The molecule has 24 heavy (non-hydrogen) atoms. The molecule has 0 spiro atoms. The maximum atomic E-state index is 13.2. The number of hydrogen-bond donors (Lipinski definition) is 2. The molecule has 2 N–H and O–H groups in total. The zero-order valence-electron chi connectivity index (χ0n) is 13.2. The molecule has 0 bridgehead atoms. The van der Waals surface area contributed by atoms with Crippen LogP contribution in [0.4, 0.5) is 8.78 Å². The molecule has 3 rings (SSSR count). The normalized spacial score (nSPS) is 19.0. The van der Waals surface area contributed by atoms with Crippen molar-refractivity contribution >= 4 is 5.91 Å². The highest BCUT2D eigenvalue weighted by atomic mass is 19.3. The van der Waals surface area contributed by atoms with Gasteiger partial charge in [-0.05, 0) is 37.1 Å². The molecule has 0 radical (unpaired) electrons. The van der Waals surface area contributed by atoms with Gasteiger partial charge in [0, 0.05) is 31.8 Å². The molecule has 128 valence electrons. The Bertz CT molecular complexity index is 704. The first-order valence-corrected chi connectivity index (χ1v) is 7.99. The van der Waals surface area contributed by atoms with E-state index in [1.165, 1.54) is 0 Å². The lowest BCUT2D eigenvalue weighted by molar-refractivity contribution is -0.101. The van der Waals surface area contributed by atoms with Crippen LogP contribution in [0.25, 0.3) is 5.69 Å². The number of aliphatic hydroxyl groups is 1. The van der Waals surface area contributed by atoms with Gasteiger partial charge in [0.1, 0.15) is 0 Å². The van der Waals surface area contributed by atoms with Crippen LogP contribution in [0.3, 0.4) is 0 Å². The van der Waals surface area contributed by atoms with E-state index in [0.29, 0.717) is 5.56 Å². The summed E-state index contributed by atoms with van der Waals surface area (Å²) in [7, 11) is 0. The van der Waals surface area contributed by atoms with Crippen LogP contribution in [0, 0.1) is 0 Å². The molecule has 1 saturated carbocycles. The summed E-state index contributed by atoms with van der Waals surface area (Å²) in [5.74, 6) is -3.04. The van der Waals surface area contributed by atoms with Crippen molar-refractivity contribution in [3.05, 3.63) is 54.4 Å². The highest BCUT2D eigenvalue weighted by molar-refractivity contribution is 5.97. The molecule has 1 aliphatic rings. The van der Waals surface area contributed by atoms with Gasteiger partial charge in [0.05, 0.1) is 16.9 Å². The van der Waals surface area contributed by atoms with Crippen LogP contribution in [-0.2, 0) is 0 Å². The van der Waals surface area contributed by atoms with Gasteiger partial charge in [-0.25, -0.2) is 8.78 Å². The number of amides is 1. The number of rotatable bonds is 4. The number of carbonyl (C=O) groups is 1. The summed E-state index contributed by atoms with van der Waals surface area (Å²) < 4.78 is 28.3. The molecular weight excluding hydrogens is 314 g/mol. The molecule has 0 unspecified atom stereocenters. The average molecular weight is 334 g/mol. The zero-order chi connectivity index (χ0) is 17.2. The fraction of sp³-hybridized carbons (Fsp3) is 0.389. The lowest BCUT2D eigenvalue weighted by Gasteiger charge is -2.35. The number of aromatic nitrogens is 1. The van der Waals surface area contributed by atoms with Crippen molar-refractivity contribution in [2.45, 2.75) is 37.2 Å². The fourth-order valence-corrected chi connectivity index (χ4v) is 2.98. The van der Waals surface area contributed by atoms with Gasteiger partial charge in [0.15, 0.2) is 0 Å². The van der Waals surface area contributed by atoms with Crippen molar-refractivity contribution in [3.63, 3.8) is 0 Å². The van der Waals surface area contributed by atoms with Crippen LogP contribution in [0.5, 0.6) is 0 Å². The second-order valence-electron chi connectivity index (χ2n) is 6.37. The summed E-state index contributed by atoms with van der Waals surface area (Å²) in [6.45, 7) is -0.0259. The summed E-state index contributed by atoms with van der Waals surface area (Å²) in [5.41, 5.74) is -0.0691. The van der Waals surface area contributed by atoms with E-state index >= 15 is 0 Å². The minimum Gasteiger partial charge on any atom is -0.388 e. The number of carbonyl (C=O) groups excluding carboxylic acids is 1. The van der Waals surface area contributed by atoms with E-state index in [1.807, 2.05) is 41.2 Å². The Hall–Kier alpha value is -2.21. The monoisotopic (exact) mass is 334 g/mol. The third-order valence-electron chi connectivity index (χ3n) is 4.52. The van der Waals surface area contributed by atoms with Crippen molar-refractivity contribution in [3.8, 4) is 5.69 Å².